The first kappa shape index (κ1) is 17.1. The summed E-state index contributed by atoms with van der Waals surface area (Å²) < 4.78 is 5.42. The van der Waals surface area contributed by atoms with E-state index in [1.54, 1.807) is 7.11 Å². The number of aromatic amines is 1. The number of fused-ring (bicyclic) bond motifs is 4. The number of carbonyl (C=O) groups excluding carboxylic acids is 1. The average molecular weight is 367 g/mol. The topological polar surface area (TPSA) is 57.4 Å². The second-order valence-electron chi connectivity index (χ2n) is 8.66. The molecule has 27 heavy (non-hydrogen) atoms. The number of hydrogen-bond donors (Lipinski definition) is 2. The fraction of sp³-hybridized carbons (Fsp3) is 0.591. The van der Waals surface area contributed by atoms with Crippen LogP contribution in [0, 0.1) is 5.92 Å². The van der Waals surface area contributed by atoms with E-state index in [-0.39, 0.29) is 5.41 Å². The summed E-state index contributed by atoms with van der Waals surface area (Å²) in [6.07, 6.45) is 5.48. The molecular weight excluding hydrogens is 338 g/mol. The fourth-order valence-electron chi connectivity index (χ4n) is 5.25. The second-order valence-corrected chi connectivity index (χ2v) is 8.66. The maximum absolute atomic E-state index is 12.7. The first-order valence-corrected chi connectivity index (χ1v) is 10.3. The zero-order valence-electron chi connectivity index (χ0n) is 16.3. The molecule has 1 saturated heterocycles. The third-order valence-electron chi connectivity index (χ3n) is 7.23. The van der Waals surface area contributed by atoms with Crippen molar-refractivity contribution in [3.05, 3.63) is 29.5 Å². The molecule has 1 atom stereocenters. The summed E-state index contributed by atoms with van der Waals surface area (Å²) in [5.41, 5.74) is 4.05. The molecule has 2 fully saturated rings. The van der Waals surface area contributed by atoms with E-state index in [4.69, 9.17) is 4.74 Å². The average Bonchev–Trinajstić information content (AvgIpc) is 3.04. The molecule has 1 amide bonds. The Morgan fingerprint density at radius 3 is 2.70 bits per heavy atom. The van der Waals surface area contributed by atoms with E-state index in [0.29, 0.717) is 17.9 Å². The highest BCUT2D eigenvalue weighted by atomic mass is 16.5. The number of hydrogen-bond acceptors (Lipinski definition) is 3. The van der Waals surface area contributed by atoms with Crippen molar-refractivity contribution in [3.63, 3.8) is 0 Å². The molecule has 1 aliphatic carbocycles. The molecule has 1 unspecified atom stereocenters. The molecule has 5 heteroatoms. The SMILES string of the molecule is COc1ccc2c3c([nH]c2c1)C(C)NCC31CCN(C(=O)C2CCC2)CC1. The van der Waals surface area contributed by atoms with Crippen molar-refractivity contribution in [2.75, 3.05) is 26.7 Å². The number of amides is 1. The molecule has 5 rings (SSSR count). The van der Waals surface area contributed by atoms with Gasteiger partial charge in [-0.1, -0.05) is 6.42 Å². The molecule has 3 heterocycles. The number of benzene rings is 1. The van der Waals surface area contributed by atoms with E-state index in [0.717, 1.165) is 56.6 Å². The number of nitrogens with zero attached hydrogens (tertiary/aromatic N) is 1. The number of aromatic nitrogens is 1. The second kappa shape index (κ2) is 6.26. The van der Waals surface area contributed by atoms with Gasteiger partial charge < -0.3 is 19.9 Å². The van der Waals surface area contributed by atoms with Crippen LogP contribution in [0.5, 0.6) is 5.75 Å². The Morgan fingerprint density at radius 2 is 2.04 bits per heavy atom. The normalized spacial score (nSPS) is 24.7. The summed E-state index contributed by atoms with van der Waals surface area (Å²) in [6.45, 7) is 4.99. The third kappa shape index (κ3) is 2.59. The van der Waals surface area contributed by atoms with E-state index in [9.17, 15) is 4.79 Å². The van der Waals surface area contributed by atoms with E-state index in [1.165, 1.54) is 23.1 Å². The van der Waals surface area contributed by atoms with Crippen LogP contribution in [0.3, 0.4) is 0 Å². The Kier molecular flexibility index (Phi) is 3.97. The number of ether oxygens (including phenoxy) is 1. The zero-order chi connectivity index (χ0) is 18.6. The number of nitrogens with one attached hydrogen (secondary N) is 2. The van der Waals surface area contributed by atoms with E-state index in [2.05, 4.69) is 40.3 Å². The molecule has 1 aromatic carbocycles. The van der Waals surface area contributed by atoms with Crippen LogP contribution in [0.1, 0.15) is 56.3 Å². The molecule has 144 valence electrons. The predicted octanol–water partition coefficient (Wildman–Crippen LogP) is 3.50. The van der Waals surface area contributed by atoms with Crippen molar-refractivity contribution < 1.29 is 9.53 Å². The largest absolute Gasteiger partial charge is 0.497 e. The summed E-state index contributed by atoms with van der Waals surface area (Å²) >= 11 is 0. The molecule has 1 saturated carbocycles. The summed E-state index contributed by atoms with van der Waals surface area (Å²) in [4.78, 5) is 18.5. The van der Waals surface area contributed by atoms with Crippen LogP contribution in [-0.2, 0) is 10.2 Å². The zero-order valence-corrected chi connectivity index (χ0v) is 16.3. The minimum Gasteiger partial charge on any atom is -0.497 e. The molecule has 5 nitrogen and oxygen atoms in total. The van der Waals surface area contributed by atoms with Crippen LogP contribution in [0.4, 0.5) is 0 Å². The van der Waals surface area contributed by atoms with Crippen LogP contribution < -0.4 is 10.1 Å². The van der Waals surface area contributed by atoms with Gasteiger partial charge >= 0.3 is 0 Å². The van der Waals surface area contributed by atoms with Crippen molar-refractivity contribution in [1.82, 2.24) is 15.2 Å². The summed E-state index contributed by atoms with van der Waals surface area (Å²) in [6, 6.07) is 6.68. The molecule has 3 aliphatic rings. The van der Waals surface area contributed by atoms with Gasteiger partial charge in [0.2, 0.25) is 5.91 Å². The van der Waals surface area contributed by atoms with Gasteiger partial charge in [-0.15, -0.1) is 0 Å². The van der Waals surface area contributed by atoms with Crippen molar-refractivity contribution in [2.45, 2.75) is 50.5 Å². The lowest BCUT2D eigenvalue weighted by atomic mass is 9.68. The standard InChI is InChI=1S/C22H29N3O2/c1-14-20-19(17-7-6-16(27-2)12-18(17)24-20)22(13-23-14)8-10-25(11-9-22)21(26)15-4-3-5-15/h6-7,12,14-15,23-24H,3-5,8-11,13H2,1-2H3. The fourth-order valence-corrected chi connectivity index (χ4v) is 5.25. The Hall–Kier alpha value is -2.01. The number of rotatable bonds is 2. The highest BCUT2D eigenvalue weighted by Crippen LogP contribution is 2.46. The highest BCUT2D eigenvalue weighted by molar-refractivity contribution is 5.88. The number of H-pyrrole nitrogens is 1. The summed E-state index contributed by atoms with van der Waals surface area (Å²) in [5.74, 6) is 1.59. The molecule has 1 aromatic heterocycles. The van der Waals surface area contributed by atoms with Gasteiger partial charge in [0.1, 0.15) is 5.75 Å². The first-order valence-electron chi connectivity index (χ1n) is 10.3. The smallest absolute Gasteiger partial charge is 0.225 e. The van der Waals surface area contributed by atoms with Crippen LogP contribution in [-0.4, -0.2) is 42.5 Å². The molecule has 1 spiro atoms. The molecule has 2 N–H and O–H groups in total. The highest BCUT2D eigenvalue weighted by Gasteiger charge is 2.44. The van der Waals surface area contributed by atoms with Gasteiger partial charge in [0.25, 0.3) is 0 Å². The van der Waals surface area contributed by atoms with Crippen LogP contribution in [0.15, 0.2) is 18.2 Å². The number of carbonyl (C=O) groups is 1. The lowest BCUT2D eigenvalue weighted by Gasteiger charge is -2.47. The van der Waals surface area contributed by atoms with Gasteiger partial charge in [0, 0.05) is 59.7 Å². The quantitative estimate of drug-likeness (QED) is 0.854. The number of piperidine rings is 1. The molecule has 2 aliphatic heterocycles. The van der Waals surface area contributed by atoms with Crippen molar-refractivity contribution in [2.24, 2.45) is 5.92 Å². The molecule has 2 aromatic rings. The maximum atomic E-state index is 12.7. The van der Waals surface area contributed by atoms with Crippen molar-refractivity contribution in [3.8, 4) is 5.75 Å². The van der Waals surface area contributed by atoms with E-state index < -0.39 is 0 Å². The molecular formula is C22H29N3O2. The summed E-state index contributed by atoms with van der Waals surface area (Å²) in [7, 11) is 1.71. The maximum Gasteiger partial charge on any atom is 0.225 e. The van der Waals surface area contributed by atoms with Crippen LogP contribution in [0.2, 0.25) is 0 Å². The van der Waals surface area contributed by atoms with Crippen molar-refractivity contribution in [1.29, 1.82) is 0 Å². The van der Waals surface area contributed by atoms with Gasteiger partial charge in [-0.25, -0.2) is 0 Å². The lowest BCUT2D eigenvalue weighted by molar-refractivity contribution is -0.139. The van der Waals surface area contributed by atoms with Crippen LogP contribution >= 0.6 is 0 Å². The van der Waals surface area contributed by atoms with E-state index >= 15 is 0 Å². The monoisotopic (exact) mass is 367 g/mol. The third-order valence-corrected chi connectivity index (χ3v) is 7.23. The summed E-state index contributed by atoms with van der Waals surface area (Å²) in [5, 5.41) is 5.03. The van der Waals surface area contributed by atoms with Gasteiger partial charge in [-0.3, -0.25) is 4.79 Å². The van der Waals surface area contributed by atoms with Gasteiger partial charge in [0.15, 0.2) is 0 Å². The van der Waals surface area contributed by atoms with Crippen LogP contribution in [0.25, 0.3) is 10.9 Å². The Bertz CT molecular complexity index is 875. The molecule has 0 radical (unpaired) electrons. The Balaban J connectivity index is 1.48. The van der Waals surface area contributed by atoms with Gasteiger partial charge in [-0.2, -0.15) is 0 Å². The van der Waals surface area contributed by atoms with Gasteiger partial charge in [-0.05, 0) is 50.3 Å². The van der Waals surface area contributed by atoms with E-state index in [1.807, 2.05) is 0 Å². The minimum atomic E-state index is 0.116. The number of methoxy groups -OCH3 is 1. The predicted molar refractivity (Wildman–Crippen MR) is 106 cm³/mol. The number of likely N-dealkylation sites (tertiary alicyclic amines) is 1. The Labute approximate surface area is 160 Å². The van der Waals surface area contributed by atoms with Crippen molar-refractivity contribution >= 4 is 16.8 Å². The lowest BCUT2D eigenvalue weighted by Crippen LogP contribution is -2.53. The molecule has 0 bridgehead atoms. The first-order chi connectivity index (χ1) is 13.1. The Morgan fingerprint density at radius 1 is 1.26 bits per heavy atom. The van der Waals surface area contributed by atoms with Gasteiger partial charge in [0.05, 0.1) is 7.11 Å². The minimum absolute atomic E-state index is 0.116.